The molecule has 3 aromatic rings. The van der Waals surface area contributed by atoms with Crippen molar-refractivity contribution in [2.45, 2.75) is 25.6 Å². The summed E-state index contributed by atoms with van der Waals surface area (Å²) < 4.78 is 30.6. The smallest absolute Gasteiger partial charge is 0.251 e. The van der Waals surface area contributed by atoms with E-state index in [1.165, 1.54) is 9.80 Å². The zero-order valence-electron chi connectivity index (χ0n) is 23.0. The number of hydrogen-bond acceptors (Lipinski definition) is 7. The second-order valence-corrected chi connectivity index (χ2v) is 12.7. The molecule has 220 valence electrons. The van der Waals surface area contributed by atoms with Crippen molar-refractivity contribution in [3.8, 4) is 5.75 Å². The summed E-state index contributed by atoms with van der Waals surface area (Å²) in [5.41, 5.74) is 1.51. The number of carbonyl (C=O) groups is 3. The number of halogens is 2. The number of rotatable bonds is 8. The molecule has 4 rings (SSSR count). The first kappa shape index (κ1) is 32.3. The molecule has 41 heavy (non-hydrogen) atoms. The van der Waals surface area contributed by atoms with Gasteiger partial charge in [-0.1, -0.05) is 40.2 Å². The number of hydrogen-bond donors (Lipinski definition) is 2. The molecule has 0 spiro atoms. The Labute approximate surface area is 253 Å². The van der Waals surface area contributed by atoms with Crippen LogP contribution in [-0.2, 0) is 30.8 Å². The Morgan fingerprint density at radius 2 is 1.80 bits per heavy atom. The number of likely N-dealkylation sites (N-methyl/N-ethyl adjacent to an activating group) is 1. The molecule has 2 atom stereocenters. The largest absolute Gasteiger partial charge is 0.496 e. The summed E-state index contributed by atoms with van der Waals surface area (Å²) in [7, 11) is -0.494. The number of ether oxygens (including phenoxy) is 1. The first-order chi connectivity index (χ1) is 18.9. The lowest BCUT2D eigenvalue weighted by molar-refractivity contribution is -0.128. The van der Waals surface area contributed by atoms with Gasteiger partial charge in [-0.25, -0.2) is 8.42 Å². The van der Waals surface area contributed by atoms with E-state index in [-0.39, 0.29) is 25.5 Å². The highest BCUT2D eigenvalue weighted by atomic mass is 79.9. The Balaban J connectivity index is 0.00000462. The Morgan fingerprint density at radius 1 is 1.12 bits per heavy atom. The van der Waals surface area contributed by atoms with E-state index < -0.39 is 45.4 Å². The summed E-state index contributed by atoms with van der Waals surface area (Å²) >= 11 is 3.50. The van der Waals surface area contributed by atoms with Crippen molar-refractivity contribution in [1.82, 2.24) is 10.6 Å². The Morgan fingerprint density at radius 3 is 2.44 bits per heavy atom. The summed E-state index contributed by atoms with van der Waals surface area (Å²) in [6.07, 6.45) is 0.977. The van der Waals surface area contributed by atoms with E-state index in [2.05, 4.69) is 26.6 Å². The van der Waals surface area contributed by atoms with Gasteiger partial charge in [-0.15, -0.1) is 12.4 Å². The van der Waals surface area contributed by atoms with Crippen LogP contribution in [-0.4, -0.2) is 70.9 Å². The highest BCUT2D eigenvalue weighted by molar-refractivity contribution is 9.10. The molecular formula is C28H32BrClN4O6S. The molecule has 10 nitrogen and oxygen atoms in total. The van der Waals surface area contributed by atoms with E-state index >= 15 is 0 Å². The number of benzene rings is 3. The second-order valence-electron chi connectivity index (χ2n) is 9.67. The summed E-state index contributed by atoms with van der Waals surface area (Å²) in [5.74, 6) is -1.75. The highest BCUT2D eigenvalue weighted by Gasteiger charge is 2.38. The van der Waals surface area contributed by atoms with Gasteiger partial charge in [0.25, 0.3) is 5.91 Å². The first-order valence-corrected chi connectivity index (χ1v) is 15.4. The predicted octanol–water partition coefficient (Wildman–Crippen LogP) is 3.05. The van der Waals surface area contributed by atoms with Crippen LogP contribution in [0.5, 0.6) is 5.75 Å². The minimum absolute atomic E-state index is 0. The van der Waals surface area contributed by atoms with Gasteiger partial charge in [-0.05, 0) is 55.1 Å². The minimum Gasteiger partial charge on any atom is -0.496 e. The summed E-state index contributed by atoms with van der Waals surface area (Å²) in [5, 5.41) is 7.39. The molecule has 0 fully saturated rings. The van der Waals surface area contributed by atoms with Gasteiger partial charge in [0.1, 0.15) is 17.5 Å². The molecule has 0 radical (unpaired) electrons. The molecule has 2 unspecified atom stereocenters. The normalized spacial score (nSPS) is 15.9. The van der Waals surface area contributed by atoms with Crippen molar-refractivity contribution < 1.29 is 27.5 Å². The van der Waals surface area contributed by atoms with Gasteiger partial charge in [-0.2, -0.15) is 0 Å². The molecule has 0 bridgehead atoms. The lowest BCUT2D eigenvalue weighted by Gasteiger charge is -2.27. The second kappa shape index (κ2) is 13.2. The zero-order valence-corrected chi connectivity index (χ0v) is 26.2. The first-order valence-electron chi connectivity index (χ1n) is 12.5. The van der Waals surface area contributed by atoms with Crippen LogP contribution in [0.15, 0.2) is 59.1 Å². The number of amides is 3. The monoisotopic (exact) mass is 666 g/mol. The third-order valence-corrected chi connectivity index (χ3v) is 8.07. The van der Waals surface area contributed by atoms with Gasteiger partial charge < -0.3 is 25.2 Å². The predicted molar refractivity (Wildman–Crippen MR) is 166 cm³/mol. The van der Waals surface area contributed by atoms with E-state index in [0.29, 0.717) is 17.1 Å². The standard InChI is InChI=1S/C28H31BrN4O6S.ClH/c1-17(30-2)27(35)31-22-15-32(26(34)16-40(4,37)38)23-7-5-6-8-24(23)33(28(22)36)14-21-20-11-10-19(29)13-18(20)9-12-25(21)39-3;/h5-13,17,22,30H,14-16H2,1-4H3,(H,31,35);1H. The fourth-order valence-corrected chi connectivity index (χ4v) is 5.66. The van der Waals surface area contributed by atoms with Crippen molar-refractivity contribution in [2.75, 3.05) is 42.5 Å². The van der Waals surface area contributed by atoms with Crippen LogP contribution in [0.1, 0.15) is 12.5 Å². The molecule has 0 aliphatic carbocycles. The average molecular weight is 668 g/mol. The number of anilines is 2. The van der Waals surface area contributed by atoms with Crippen molar-refractivity contribution >= 4 is 78.0 Å². The SMILES string of the molecule is CNC(C)C(=O)NC1CN(C(=O)CS(C)(=O)=O)c2ccccc2N(Cc2c(OC)ccc3cc(Br)ccc23)C1=O.Cl. The summed E-state index contributed by atoms with van der Waals surface area (Å²) in [4.78, 5) is 43.1. The number of carbonyl (C=O) groups excluding carboxylic acids is 3. The lowest BCUT2D eigenvalue weighted by Crippen LogP contribution is -2.56. The van der Waals surface area contributed by atoms with Crippen LogP contribution >= 0.6 is 28.3 Å². The van der Waals surface area contributed by atoms with Gasteiger partial charge in [0, 0.05) is 16.3 Å². The number of fused-ring (bicyclic) bond motifs is 2. The maximum absolute atomic E-state index is 14.2. The maximum atomic E-state index is 14.2. The van der Waals surface area contributed by atoms with E-state index in [4.69, 9.17) is 4.74 Å². The van der Waals surface area contributed by atoms with E-state index in [1.54, 1.807) is 45.3 Å². The quantitative estimate of drug-likeness (QED) is 0.379. The van der Waals surface area contributed by atoms with Crippen molar-refractivity contribution in [2.24, 2.45) is 0 Å². The van der Waals surface area contributed by atoms with Crippen LogP contribution in [0.4, 0.5) is 11.4 Å². The molecule has 0 aromatic heterocycles. The number of sulfone groups is 1. The number of methoxy groups -OCH3 is 1. The van der Waals surface area contributed by atoms with Crippen molar-refractivity contribution in [1.29, 1.82) is 0 Å². The van der Waals surface area contributed by atoms with Crippen molar-refractivity contribution in [3.63, 3.8) is 0 Å². The van der Waals surface area contributed by atoms with Gasteiger partial charge >= 0.3 is 0 Å². The third-order valence-electron chi connectivity index (χ3n) is 6.81. The molecule has 3 aromatic carbocycles. The molecule has 3 amide bonds. The van der Waals surface area contributed by atoms with Crippen LogP contribution in [0.2, 0.25) is 0 Å². The maximum Gasteiger partial charge on any atom is 0.251 e. The molecule has 0 saturated heterocycles. The number of nitrogens with zero attached hydrogens (tertiary/aromatic N) is 2. The van der Waals surface area contributed by atoms with Crippen molar-refractivity contribution in [3.05, 3.63) is 64.6 Å². The molecule has 0 saturated carbocycles. The molecule has 1 aliphatic heterocycles. The van der Waals surface area contributed by atoms with Crippen LogP contribution < -0.4 is 25.2 Å². The fraction of sp³-hybridized carbons (Fsp3) is 0.321. The van der Waals surface area contributed by atoms with Crippen LogP contribution in [0.3, 0.4) is 0 Å². The number of para-hydroxylation sites is 2. The van der Waals surface area contributed by atoms with Gasteiger partial charge in [0.2, 0.25) is 11.8 Å². The number of nitrogens with one attached hydrogen (secondary N) is 2. The molecular weight excluding hydrogens is 636 g/mol. The topological polar surface area (TPSA) is 125 Å². The van der Waals surface area contributed by atoms with Gasteiger partial charge in [0.15, 0.2) is 9.84 Å². The van der Waals surface area contributed by atoms with Crippen LogP contribution in [0, 0.1) is 0 Å². The molecule has 1 heterocycles. The lowest BCUT2D eigenvalue weighted by atomic mass is 10.0. The Hall–Kier alpha value is -3.19. The average Bonchev–Trinajstić information content (AvgIpc) is 3.02. The van der Waals surface area contributed by atoms with Gasteiger partial charge in [0.05, 0.1) is 37.6 Å². The minimum atomic E-state index is -3.66. The van der Waals surface area contributed by atoms with E-state index in [9.17, 15) is 22.8 Å². The Bertz CT molecular complexity index is 1590. The highest BCUT2D eigenvalue weighted by Crippen LogP contribution is 2.37. The Kier molecular flexibility index (Phi) is 10.4. The third kappa shape index (κ3) is 7.18. The van der Waals surface area contributed by atoms with E-state index in [1.807, 2.05) is 30.3 Å². The molecule has 13 heteroatoms. The van der Waals surface area contributed by atoms with E-state index in [0.717, 1.165) is 27.1 Å². The zero-order chi connectivity index (χ0) is 29.2. The summed E-state index contributed by atoms with van der Waals surface area (Å²) in [6, 6.07) is 14.6. The molecule has 2 N–H and O–H groups in total. The van der Waals surface area contributed by atoms with Gasteiger partial charge in [-0.3, -0.25) is 14.4 Å². The summed E-state index contributed by atoms with van der Waals surface area (Å²) in [6.45, 7) is 1.48. The van der Waals surface area contributed by atoms with Crippen LogP contribution in [0.25, 0.3) is 10.8 Å². The fourth-order valence-electron chi connectivity index (χ4n) is 4.68. The molecule has 1 aliphatic rings.